The molecule has 7 nitrogen and oxygen atoms in total. The first-order valence-corrected chi connectivity index (χ1v) is 8.56. The SMILES string of the molecule is CCOc1ccc(OCC)c(NC(=O)COc2ccc(C=O)cc2OC)c1. The fraction of sp³-hybridized carbons (Fsp3) is 0.300. The van der Waals surface area contributed by atoms with Crippen molar-refractivity contribution in [2.75, 3.05) is 32.2 Å². The lowest BCUT2D eigenvalue weighted by Gasteiger charge is -2.14. The van der Waals surface area contributed by atoms with Gasteiger partial charge in [0.2, 0.25) is 0 Å². The van der Waals surface area contributed by atoms with E-state index in [4.69, 9.17) is 18.9 Å². The van der Waals surface area contributed by atoms with Gasteiger partial charge in [-0.2, -0.15) is 0 Å². The van der Waals surface area contributed by atoms with Crippen LogP contribution in [0.4, 0.5) is 5.69 Å². The summed E-state index contributed by atoms with van der Waals surface area (Å²) in [4.78, 5) is 23.1. The van der Waals surface area contributed by atoms with Gasteiger partial charge in [0, 0.05) is 11.6 Å². The van der Waals surface area contributed by atoms with Crippen molar-refractivity contribution in [2.24, 2.45) is 0 Å². The molecule has 0 atom stereocenters. The quantitative estimate of drug-likeness (QED) is 0.643. The van der Waals surface area contributed by atoms with Gasteiger partial charge in [-0.1, -0.05) is 0 Å². The zero-order valence-corrected chi connectivity index (χ0v) is 15.6. The fourth-order valence-electron chi connectivity index (χ4n) is 2.35. The van der Waals surface area contributed by atoms with Crippen LogP contribution in [0, 0.1) is 0 Å². The number of nitrogens with one attached hydrogen (secondary N) is 1. The zero-order valence-electron chi connectivity index (χ0n) is 15.6. The van der Waals surface area contributed by atoms with Gasteiger partial charge in [0.25, 0.3) is 5.91 Å². The molecule has 7 heteroatoms. The van der Waals surface area contributed by atoms with Gasteiger partial charge in [-0.05, 0) is 44.2 Å². The average Bonchev–Trinajstić information content (AvgIpc) is 2.68. The van der Waals surface area contributed by atoms with E-state index in [0.29, 0.717) is 53.7 Å². The van der Waals surface area contributed by atoms with Crippen molar-refractivity contribution in [3.63, 3.8) is 0 Å². The van der Waals surface area contributed by atoms with Crippen LogP contribution in [-0.4, -0.2) is 39.1 Å². The molecule has 0 saturated heterocycles. The first-order valence-electron chi connectivity index (χ1n) is 8.56. The Labute approximate surface area is 158 Å². The topological polar surface area (TPSA) is 83.1 Å². The molecule has 1 N–H and O–H groups in total. The van der Waals surface area contributed by atoms with E-state index in [0.717, 1.165) is 0 Å². The van der Waals surface area contributed by atoms with Gasteiger partial charge in [-0.15, -0.1) is 0 Å². The van der Waals surface area contributed by atoms with Crippen LogP contribution < -0.4 is 24.3 Å². The summed E-state index contributed by atoms with van der Waals surface area (Å²) in [6, 6.07) is 9.93. The number of carbonyl (C=O) groups is 2. The van der Waals surface area contributed by atoms with Crippen molar-refractivity contribution in [3.05, 3.63) is 42.0 Å². The monoisotopic (exact) mass is 373 g/mol. The first-order chi connectivity index (χ1) is 13.1. The van der Waals surface area contributed by atoms with Gasteiger partial charge in [0.05, 0.1) is 26.0 Å². The molecule has 144 valence electrons. The Morgan fingerprint density at radius 2 is 1.70 bits per heavy atom. The summed E-state index contributed by atoms with van der Waals surface area (Å²) >= 11 is 0. The van der Waals surface area contributed by atoms with Crippen LogP contribution in [0.25, 0.3) is 0 Å². The normalized spacial score (nSPS) is 10.0. The van der Waals surface area contributed by atoms with Crippen molar-refractivity contribution in [1.29, 1.82) is 0 Å². The molecule has 0 aromatic heterocycles. The smallest absolute Gasteiger partial charge is 0.262 e. The molecule has 27 heavy (non-hydrogen) atoms. The fourth-order valence-corrected chi connectivity index (χ4v) is 2.35. The summed E-state index contributed by atoms with van der Waals surface area (Å²) in [5.74, 6) is 1.55. The van der Waals surface area contributed by atoms with Crippen LogP contribution in [0.3, 0.4) is 0 Å². The van der Waals surface area contributed by atoms with E-state index in [9.17, 15) is 9.59 Å². The number of rotatable bonds is 10. The van der Waals surface area contributed by atoms with Crippen LogP contribution >= 0.6 is 0 Å². The third kappa shape index (κ3) is 5.64. The Morgan fingerprint density at radius 3 is 2.37 bits per heavy atom. The molecule has 0 aliphatic heterocycles. The number of hydrogen-bond donors (Lipinski definition) is 1. The highest BCUT2D eigenvalue weighted by Crippen LogP contribution is 2.30. The van der Waals surface area contributed by atoms with Crippen molar-refractivity contribution >= 4 is 17.9 Å². The van der Waals surface area contributed by atoms with Gasteiger partial charge < -0.3 is 24.3 Å². The van der Waals surface area contributed by atoms with E-state index in [1.54, 1.807) is 36.4 Å². The molecule has 0 fully saturated rings. The number of anilines is 1. The predicted molar refractivity (Wildman–Crippen MR) is 101 cm³/mol. The van der Waals surface area contributed by atoms with Gasteiger partial charge in [0.15, 0.2) is 18.1 Å². The lowest BCUT2D eigenvalue weighted by molar-refractivity contribution is -0.118. The van der Waals surface area contributed by atoms with Gasteiger partial charge >= 0.3 is 0 Å². The number of methoxy groups -OCH3 is 1. The summed E-state index contributed by atoms with van der Waals surface area (Å²) in [6.07, 6.45) is 0.708. The number of benzene rings is 2. The van der Waals surface area contributed by atoms with E-state index >= 15 is 0 Å². The Morgan fingerprint density at radius 1 is 0.963 bits per heavy atom. The Balaban J connectivity index is 2.07. The Bertz CT molecular complexity index is 790. The van der Waals surface area contributed by atoms with Gasteiger partial charge in [-0.25, -0.2) is 0 Å². The largest absolute Gasteiger partial charge is 0.494 e. The van der Waals surface area contributed by atoms with E-state index < -0.39 is 0 Å². The lowest BCUT2D eigenvalue weighted by Crippen LogP contribution is -2.21. The van der Waals surface area contributed by atoms with Gasteiger partial charge in [-0.3, -0.25) is 9.59 Å². The molecule has 0 radical (unpaired) electrons. The second-order valence-electron chi connectivity index (χ2n) is 5.39. The number of ether oxygens (including phenoxy) is 4. The Kier molecular flexibility index (Phi) is 7.49. The van der Waals surface area contributed by atoms with E-state index in [1.165, 1.54) is 7.11 Å². The molecule has 0 bridgehead atoms. The summed E-state index contributed by atoms with van der Waals surface area (Å²) < 4.78 is 21.7. The summed E-state index contributed by atoms with van der Waals surface area (Å²) in [5.41, 5.74) is 0.956. The molecule has 0 aliphatic carbocycles. The summed E-state index contributed by atoms with van der Waals surface area (Å²) in [6.45, 7) is 4.49. The highest BCUT2D eigenvalue weighted by Gasteiger charge is 2.12. The van der Waals surface area contributed by atoms with Crippen LogP contribution in [-0.2, 0) is 4.79 Å². The van der Waals surface area contributed by atoms with Crippen LogP contribution in [0.15, 0.2) is 36.4 Å². The molecule has 2 rings (SSSR count). The third-order valence-electron chi connectivity index (χ3n) is 3.52. The molecule has 0 saturated carbocycles. The summed E-state index contributed by atoms with van der Waals surface area (Å²) in [7, 11) is 1.46. The van der Waals surface area contributed by atoms with Crippen LogP contribution in [0.2, 0.25) is 0 Å². The van der Waals surface area contributed by atoms with E-state index in [-0.39, 0.29) is 12.5 Å². The maximum absolute atomic E-state index is 12.3. The molecule has 2 aromatic carbocycles. The standard InChI is InChI=1S/C20H23NO6/c1-4-25-15-7-9-17(26-5-2)16(11-15)21-20(23)13-27-18-8-6-14(12-22)10-19(18)24-3/h6-12H,4-5,13H2,1-3H3,(H,21,23). The molecule has 2 aromatic rings. The average molecular weight is 373 g/mol. The van der Waals surface area contributed by atoms with Crippen molar-refractivity contribution in [1.82, 2.24) is 0 Å². The molecule has 0 spiro atoms. The summed E-state index contributed by atoms with van der Waals surface area (Å²) in [5, 5.41) is 2.76. The molecule has 1 amide bonds. The second kappa shape index (κ2) is 10.1. The minimum Gasteiger partial charge on any atom is -0.494 e. The number of amides is 1. The van der Waals surface area contributed by atoms with Crippen molar-refractivity contribution in [2.45, 2.75) is 13.8 Å². The number of aldehydes is 1. The van der Waals surface area contributed by atoms with Crippen molar-refractivity contribution in [3.8, 4) is 23.0 Å². The maximum Gasteiger partial charge on any atom is 0.262 e. The third-order valence-corrected chi connectivity index (χ3v) is 3.52. The number of carbonyl (C=O) groups excluding carboxylic acids is 2. The van der Waals surface area contributed by atoms with E-state index in [2.05, 4.69) is 5.32 Å². The maximum atomic E-state index is 12.3. The lowest BCUT2D eigenvalue weighted by atomic mass is 10.2. The van der Waals surface area contributed by atoms with Crippen LogP contribution in [0.1, 0.15) is 24.2 Å². The second-order valence-corrected chi connectivity index (χ2v) is 5.39. The molecule has 0 heterocycles. The minimum absolute atomic E-state index is 0.235. The Hall–Kier alpha value is -3.22. The van der Waals surface area contributed by atoms with E-state index in [1.807, 2.05) is 13.8 Å². The highest BCUT2D eigenvalue weighted by molar-refractivity contribution is 5.93. The predicted octanol–water partition coefficient (Wildman–Crippen LogP) is 3.32. The molecular weight excluding hydrogens is 350 g/mol. The minimum atomic E-state index is -0.369. The van der Waals surface area contributed by atoms with Crippen LogP contribution in [0.5, 0.6) is 23.0 Å². The molecular formula is C20H23NO6. The molecule has 0 unspecified atom stereocenters. The first kappa shape index (κ1) is 20.1. The van der Waals surface area contributed by atoms with Crippen molar-refractivity contribution < 1.29 is 28.5 Å². The number of hydrogen-bond acceptors (Lipinski definition) is 6. The zero-order chi connectivity index (χ0) is 19.6. The molecule has 0 aliphatic rings. The highest BCUT2D eigenvalue weighted by atomic mass is 16.5. The van der Waals surface area contributed by atoms with Gasteiger partial charge in [0.1, 0.15) is 17.8 Å².